The Morgan fingerprint density at radius 1 is 1.24 bits per heavy atom. The smallest absolute Gasteiger partial charge is 0.283 e. The van der Waals surface area contributed by atoms with Crippen molar-refractivity contribution in [3.63, 3.8) is 0 Å². The molecular formula is C22H23N5OS. The summed E-state index contributed by atoms with van der Waals surface area (Å²) in [7, 11) is 0. The Morgan fingerprint density at radius 2 is 1.97 bits per heavy atom. The third-order valence-electron chi connectivity index (χ3n) is 5.50. The van der Waals surface area contributed by atoms with Crippen LogP contribution >= 0.6 is 11.8 Å². The summed E-state index contributed by atoms with van der Waals surface area (Å²) in [5.41, 5.74) is 7.23. The minimum atomic E-state index is -0.401. The number of hydrazone groups is 1. The number of aromatic nitrogens is 1. The van der Waals surface area contributed by atoms with Crippen molar-refractivity contribution < 1.29 is 4.79 Å². The average Bonchev–Trinajstić information content (AvgIpc) is 3.29. The highest BCUT2D eigenvalue weighted by molar-refractivity contribution is 8.25. The van der Waals surface area contributed by atoms with E-state index in [4.69, 9.17) is 5.41 Å². The number of thioether (sulfide) groups is 1. The molecule has 29 heavy (non-hydrogen) atoms. The predicted octanol–water partition coefficient (Wildman–Crippen LogP) is 4.86. The van der Waals surface area contributed by atoms with Gasteiger partial charge < -0.3 is 4.57 Å². The lowest BCUT2D eigenvalue weighted by molar-refractivity contribution is -0.114. The number of nitrogens with zero attached hydrogens (tertiary/aromatic N) is 4. The molecule has 4 rings (SSSR count). The van der Waals surface area contributed by atoms with Gasteiger partial charge in [-0.2, -0.15) is 15.1 Å². The summed E-state index contributed by atoms with van der Waals surface area (Å²) in [6.45, 7) is 8.50. The second-order valence-electron chi connectivity index (χ2n) is 7.32. The Bertz CT molecular complexity index is 1090. The van der Waals surface area contributed by atoms with Gasteiger partial charge in [0.1, 0.15) is 0 Å². The number of aliphatic imine (C=N–C) groups is 1. The zero-order valence-electron chi connectivity index (χ0n) is 16.9. The number of benzene rings is 1. The van der Waals surface area contributed by atoms with Gasteiger partial charge in [-0.3, -0.25) is 10.2 Å². The standard InChI is InChI=1S/C22H23N5OS/c1-5-13(2)16-6-8-18(9-7-16)26-14(3)10-17(15(26)4)11-19-20(23)27-22(25-21(19)28)29-12-24-27/h6-13,23H,5H2,1-4H3/b19-11-,23-20?. The summed E-state index contributed by atoms with van der Waals surface area (Å²) in [4.78, 5) is 16.5. The zero-order valence-corrected chi connectivity index (χ0v) is 17.7. The highest BCUT2D eigenvalue weighted by Gasteiger charge is 2.32. The number of carbonyl (C=O) groups is 1. The van der Waals surface area contributed by atoms with Crippen LogP contribution in [0.5, 0.6) is 0 Å². The predicted molar refractivity (Wildman–Crippen MR) is 120 cm³/mol. The molecule has 0 aliphatic carbocycles. The van der Waals surface area contributed by atoms with Crippen LogP contribution in [0, 0.1) is 19.3 Å². The van der Waals surface area contributed by atoms with E-state index >= 15 is 0 Å². The van der Waals surface area contributed by atoms with Crippen LogP contribution in [0.1, 0.15) is 48.7 Å². The fourth-order valence-electron chi connectivity index (χ4n) is 3.61. The molecule has 3 heterocycles. The fourth-order valence-corrected chi connectivity index (χ4v) is 4.22. The van der Waals surface area contributed by atoms with Gasteiger partial charge in [-0.15, -0.1) is 0 Å². The van der Waals surface area contributed by atoms with Crippen molar-refractivity contribution in [2.24, 2.45) is 10.1 Å². The van der Waals surface area contributed by atoms with E-state index < -0.39 is 5.91 Å². The van der Waals surface area contributed by atoms with Crippen molar-refractivity contribution in [2.75, 3.05) is 0 Å². The van der Waals surface area contributed by atoms with Crippen LogP contribution in [0.3, 0.4) is 0 Å². The SMILES string of the molecule is CCC(C)c1ccc(-n2c(C)cc(/C=C3/C(=N)N4N=CSC4=NC3=O)c2C)cc1. The van der Waals surface area contributed by atoms with Gasteiger partial charge in [-0.05, 0) is 73.4 Å². The molecule has 1 amide bonds. The maximum absolute atomic E-state index is 12.5. The molecule has 148 valence electrons. The van der Waals surface area contributed by atoms with Crippen molar-refractivity contribution in [1.82, 2.24) is 9.58 Å². The topological polar surface area (TPSA) is 73.8 Å². The number of carbonyl (C=O) groups excluding carboxylic acids is 1. The first-order valence-electron chi connectivity index (χ1n) is 9.62. The van der Waals surface area contributed by atoms with Crippen molar-refractivity contribution in [3.05, 3.63) is 58.4 Å². The summed E-state index contributed by atoms with van der Waals surface area (Å²) >= 11 is 1.24. The van der Waals surface area contributed by atoms with E-state index in [9.17, 15) is 4.79 Å². The van der Waals surface area contributed by atoms with E-state index in [0.717, 1.165) is 29.1 Å². The van der Waals surface area contributed by atoms with E-state index in [1.54, 1.807) is 11.6 Å². The molecule has 0 bridgehead atoms. The lowest BCUT2D eigenvalue weighted by Crippen LogP contribution is -2.35. The average molecular weight is 406 g/mol. The minimum Gasteiger partial charge on any atom is -0.318 e. The molecule has 1 N–H and O–H groups in total. The molecule has 1 unspecified atom stereocenters. The Morgan fingerprint density at radius 3 is 2.66 bits per heavy atom. The maximum atomic E-state index is 12.5. The van der Waals surface area contributed by atoms with Gasteiger partial charge in [0.05, 0.1) is 11.1 Å². The minimum absolute atomic E-state index is 0.0592. The Labute approximate surface area is 174 Å². The Kier molecular flexibility index (Phi) is 5.00. The Hall–Kier alpha value is -2.93. The van der Waals surface area contributed by atoms with Gasteiger partial charge in [0.2, 0.25) is 0 Å². The van der Waals surface area contributed by atoms with E-state index in [0.29, 0.717) is 11.1 Å². The molecule has 2 aliphatic heterocycles. The van der Waals surface area contributed by atoms with Gasteiger partial charge in [0.15, 0.2) is 11.0 Å². The van der Waals surface area contributed by atoms with Crippen LogP contribution in [0.2, 0.25) is 0 Å². The highest BCUT2D eigenvalue weighted by atomic mass is 32.2. The van der Waals surface area contributed by atoms with E-state index in [1.807, 2.05) is 19.9 Å². The van der Waals surface area contributed by atoms with Crippen molar-refractivity contribution in [2.45, 2.75) is 40.0 Å². The Balaban J connectivity index is 1.71. The van der Waals surface area contributed by atoms with E-state index in [1.165, 1.54) is 22.3 Å². The summed E-state index contributed by atoms with van der Waals surface area (Å²) in [6.07, 6.45) is 2.86. The summed E-state index contributed by atoms with van der Waals surface area (Å²) < 4.78 is 2.17. The first-order valence-corrected chi connectivity index (χ1v) is 10.5. The number of amidine groups is 2. The van der Waals surface area contributed by atoms with Crippen LogP contribution in [-0.2, 0) is 4.79 Å². The number of hydrogen-bond acceptors (Lipinski definition) is 4. The number of nitrogens with one attached hydrogen (secondary N) is 1. The molecule has 0 saturated heterocycles. The number of rotatable bonds is 4. The number of hydrogen-bond donors (Lipinski definition) is 1. The molecule has 0 spiro atoms. The second-order valence-corrected chi connectivity index (χ2v) is 8.13. The third-order valence-corrected chi connectivity index (χ3v) is 6.17. The molecule has 0 fully saturated rings. The van der Waals surface area contributed by atoms with Crippen LogP contribution < -0.4 is 0 Å². The van der Waals surface area contributed by atoms with Crippen molar-refractivity contribution >= 4 is 40.3 Å². The van der Waals surface area contributed by atoms with Crippen molar-refractivity contribution in [1.29, 1.82) is 5.41 Å². The number of amides is 1. The molecule has 6 nitrogen and oxygen atoms in total. The molecule has 1 aromatic heterocycles. The zero-order chi connectivity index (χ0) is 20.7. The molecule has 0 radical (unpaired) electrons. The van der Waals surface area contributed by atoms with Gasteiger partial charge in [0.25, 0.3) is 5.91 Å². The molecule has 1 aromatic carbocycles. The van der Waals surface area contributed by atoms with Crippen LogP contribution in [0.15, 0.2) is 46.0 Å². The van der Waals surface area contributed by atoms with Crippen molar-refractivity contribution in [3.8, 4) is 5.69 Å². The van der Waals surface area contributed by atoms with Gasteiger partial charge in [-0.1, -0.05) is 26.0 Å². The molecule has 7 heteroatoms. The third kappa shape index (κ3) is 3.35. The molecule has 1 atom stereocenters. The van der Waals surface area contributed by atoms with Crippen LogP contribution in [0.4, 0.5) is 0 Å². The molecular weight excluding hydrogens is 382 g/mol. The normalized spacial score (nSPS) is 18.4. The fraction of sp³-hybridized carbons (Fsp3) is 0.273. The van der Waals surface area contributed by atoms with E-state index in [-0.39, 0.29) is 11.4 Å². The van der Waals surface area contributed by atoms with Gasteiger partial charge in [0, 0.05) is 17.1 Å². The monoisotopic (exact) mass is 405 g/mol. The lowest BCUT2D eigenvalue weighted by atomic mass is 9.98. The number of fused-ring (bicyclic) bond motifs is 1. The number of aryl methyl sites for hydroxylation is 1. The quantitative estimate of drug-likeness (QED) is 0.739. The van der Waals surface area contributed by atoms with Crippen LogP contribution in [0.25, 0.3) is 11.8 Å². The second kappa shape index (κ2) is 7.48. The molecule has 2 aromatic rings. The summed E-state index contributed by atoms with van der Waals surface area (Å²) in [5.74, 6) is 0.197. The lowest BCUT2D eigenvalue weighted by Gasteiger charge is -2.20. The summed E-state index contributed by atoms with van der Waals surface area (Å²) in [6, 6.07) is 10.7. The highest BCUT2D eigenvalue weighted by Crippen LogP contribution is 2.28. The largest absolute Gasteiger partial charge is 0.318 e. The summed E-state index contributed by atoms with van der Waals surface area (Å²) in [5, 5.41) is 14.3. The first-order chi connectivity index (χ1) is 13.9. The van der Waals surface area contributed by atoms with Gasteiger partial charge in [-0.25, -0.2) is 0 Å². The van der Waals surface area contributed by atoms with Gasteiger partial charge >= 0.3 is 0 Å². The first kappa shape index (κ1) is 19.4. The van der Waals surface area contributed by atoms with E-state index in [2.05, 4.69) is 52.8 Å². The maximum Gasteiger partial charge on any atom is 0.283 e. The molecule has 2 aliphatic rings. The molecule has 0 saturated carbocycles. The van der Waals surface area contributed by atoms with Crippen LogP contribution in [-0.4, -0.2) is 32.0 Å².